The summed E-state index contributed by atoms with van der Waals surface area (Å²) in [4.78, 5) is 9.25. The van der Waals surface area contributed by atoms with Crippen LogP contribution in [0.3, 0.4) is 0 Å². The molecule has 0 saturated heterocycles. The zero-order valence-corrected chi connectivity index (χ0v) is 9.08. The molecule has 4 nitrogen and oxygen atoms in total. The topological polar surface area (TPSA) is 57.5 Å². The maximum absolute atomic E-state index is 11.3. The molecule has 0 saturated carbocycles. The third-order valence-electron chi connectivity index (χ3n) is 1.63. The maximum Gasteiger partial charge on any atom is 0.233 e. The fourth-order valence-corrected chi connectivity index (χ4v) is 1.99. The Morgan fingerprint density at radius 2 is 1.83 bits per heavy atom. The fourth-order valence-electron chi connectivity index (χ4n) is 0.828. The molecule has 2 N–H and O–H groups in total. The number of quaternary nitrogens is 1. The van der Waals surface area contributed by atoms with Crippen molar-refractivity contribution >= 4 is 7.37 Å². The molecule has 0 aromatic carbocycles. The smallest absolute Gasteiger partial charge is 0.233 e. The van der Waals surface area contributed by atoms with Gasteiger partial charge in [-0.2, -0.15) is 0 Å². The quantitative estimate of drug-likeness (QED) is 0.502. The molecule has 0 aliphatic carbocycles. The highest BCUT2D eigenvalue weighted by Gasteiger charge is 2.31. The molecule has 0 fully saturated rings. The highest BCUT2D eigenvalue weighted by Crippen LogP contribution is 2.44. The van der Waals surface area contributed by atoms with Crippen molar-refractivity contribution in [3.8, 4) is 0 Å². The lowest BCUT2D eigenvalue weighted by atomic mass is 10.5. The Hall–Kier alpha value is 0.110. The number of likely N-dealkylation sites (N-methyl/N-ethyl adjacent to an activating group) is 1. The van der Waals surface area contributed by atoms with E-state index in [0.717, 1.165) is 0 Å². The number of hydrogen-bond donors (Lipinski definition) is 2. The molecule has 12 heavy (non-hydrogen) atoms. The van der Waals surface area contributed by atoms with Crippen LogP contribution in [-0.4, -0.2) is 54.2 Å². The average molecular weight is 196 g/mol. The molecule has 0 radical (unpaired) electrons. The van der Waals surface area contributed by atoms with Gasteiger partial charge in [0.25, 0.3) is 0 Å². The van der Waals surface area contributed by atoms with Crippen molar-refractivity contribution in [3.63, 3.8) is 0 Å². The molecule has 0 aromatic rings. The van der Waals surface area contributed by atoms with E-state index in [1.165, 1.54) is 0 Å². The predicted octanol–water partition coefficient (Wildman–Crippen LogP) is 0.301. The standard InChI is InChI=1S/C7H18NO3P/c1-5-12(10,11)7(9)6-8(2,3)4/h7,9H,5-6H2,1-4H3/p+1. The normalized spacial score (nSPS) is 20.2. The van der Waals surface area contributed by atoms with Gasteiger partial charge in [-0.1, -0.05) is 6.92 Å². The highest BCUT2D eigenvalue weighted by atomic mass is 31.2. The van der Waals surface area contributed by atoms with Gasteiger partial charge in [-0.3, -0.25) is 4.57 Å². The van der Waals surface area contributed by atoms with Crippen LogP contribution in [0.2, 0.25) is 0 Å². The molecule has 0 rings (SSSR count). The number of aliphatic hydroxyl groups excluding tert-OH is 1. The van der Waals surface area contributed by atoms with Crippen LogP contribution >= 0.6 is 7.37 Å². The number of rotatable bonds is 4. The zero-order chi connectivity index (χ0) is 9.99. The van der Waals surface area contributed by atoms with E-state index in [-0.39, 0.29) is 6.16 Å². The molecular formula is C7H19NO3P+. The van der Waals surface area contributed by atoms with Gasteiger partial charge >= 0.3 is 0 Å². The molecule has 2 atom stereocenters. The van der Waals surface area contributed by atoms with Crippen LogP contribution < -0.4 is 0 Å². The first kappa shape index (κ1) is 12.1. The lowest BCUT2D eigenvalue weighted by molar-refractivity contribution is -0.872. The molecule has 0 amide bonds. The van der Waals surface area contributed by atoms with Crippen LogP contribution in [0.25, 0.3) is 0 Å². The summed E-state index contributed by atoms with van der Waals surface area (Å²) in [5.41, 5.74) is 0. The van der Waals surface area contributed by atoms with Gasteiger partial charge in [-0.25, -0.2) is 0 Å². The van der Waals surface area contributed by atoms with E-state index in [0.29, 0.717) is 11.0 Å². The van der Waals surface area contributed by atoms with Gasteiger partial charge < -0.3 is 14.5 Å². The average Bonchev–Trinajstić information content (AvgIpc) is 1.84. The molecule has 0 bridgehead atoms. The maximum atomic E-state index is 11.3. The Labute approximate surface area is 73.9 Å². The number of aliphatic hydroxyl groups is 1. The second kappa shape index (κ2) is 3.88. The van der Waals surface area contributed by atoms with E-state index in [4.69, 9.17) is 0 Å². The third-order valence-corrected chi connectivity index (χ3v) is 3.63. The molecule has 0 aliphatic heterocycles. The Morgan fingerprint density at radius 3 is 2.08 bits per heavy atom. The molecule has 0 aromatic heterocycles. The molecule has 0 aliphatic rings. The van der Waals surface area contributed by atoms with Crippen molar-refractivity contribution in [2.45, 2.75) is 12.8 Å². The summed E-state index contributed by atoms with van der Waals surface area (Å²) >= 11 is 0. The first-order valence-electron chi connectivity index (χ1n) is 3.99. The fraction of sp³-hybridized carbons (Fsp3) is 1.00. The minimum atomic E-state index is -3.32. The minimum absolute atomic E-state index is 0.133. The van der Waals surface area contributed by atoms with E-state index in [1.807, 2.05) is 21.1 Å². The van der Waals surface area contributed by atoms with Crippen LogP contribution in [0.1, 0.15) is 6.92 Å². The Balaban J connectivity index is 4.23. The van der Waals surface area contributed by atoms with E-state index in [9.17, 15) is 14.6 Å². The second-order valence-corrected chi connectivity index (χ2v) is 6.77. The first-order chi connectivity index (χ1) is 5.19. The van der Waals surface area contributed by atoms with E-state index < -0.39 is 13.2 Å². The van der Waals surface area contributed by atoms with Gasteiger partial charge in [0.05, 0.1) is 21.1 Å². The first-order valence-corrected chi connectivity index (χ1v) is 5.90. The monoisotopic (exact) mass is 196 g/mol. The van der Waals surface area contributed by atoms with Crippen LogP contribution in [0.4, 0.5) is 0 Å². The summed E-state index contributed by atoms with van der Waals surface area (Å²) in [6, 6.07) is 0. The van der Waals surface area contributed by atoms with Crippen molar-refractivity contribution in [3.05, 3.63) is 0 Å². The van der Waals surface area contributed by atoms with E-state index in [1.54, 1.807) is 6.92 Å². The van der Waals surface area contributed by atoms with Crippen molar-refractivity contribution in [1.29, 1.82) is 0 Å². The Morgan fingerprint density at radius 1 is 1.42 bits per heavy atom. The van der Waals surface area contributed by atoms with E-state index in [2.05, 4.69) is 0 Å². The lowest BCUT2D eigenvalue weighted by Crippen LogP contribution is -2.41. The van der Waals surface area contributed by atoms with Gasteiger partial charge in [-0.05, 0) is 0 Å². The van der Waals surface area contributed by atoms with Gasteiger partial charge in [0, 0.05) is 6.16 Å². The summed E-state index contributed by atoms with van der Waals surface area (Å²) in [6.45, 7) is 1.92. The van der Waals surface area contributed by atoms with Crippen molar-refractivity contribution in [2.75, 3.05) is 33.8 Å². The Bertz CT molecular complexity index is 188. The second-order valence-electron chi connectivity index (χ2n) is 4.03. The molecule has 0 spiro atoms. The summed E-state index contributed by atoms with van der Waals surface area (Å²) in [6.07, 6.45) is 0.133. The van der Waals surface area contributed by atoms with Crippen molar-refractivity contribution in [2.24, 2.45) is 0 Å². The summed E-state index contributed by atoms with van der Waals surface area (Å²) < 4.78 is 11.7. The molecule has 74 valence electrons. The lowest BCUT2D eigenvalue weighted by Gasteiger charge is -2.28. The SMILES string of the molecule is CCP(=O)(O)C(O)C[N+](C)(C)C. The minimum Gasteiger partial charge on any atom is -0.378 e. The Kier molecular flexibility index (Phi) is 3.91. The van der Waals surface area contributed by atoms with Crippen LogP contribution in [0.5, 0.6) is 0 Å². The molecule has 0 heterocycles. The van der Waals surface area contributed by atoms with Crippen molar-refractivity contribution < 1.29 is 19.0 Å². The highest BCUT2D eigenvalue weighted by molar-refractivity contribution is 7.58. The van der Waals surface area contributed by atoms with Gasteiger partial charge in [0.2, 0.25) is 7.37 Å². The molecule has 5 heteroatoms. The number of nitrogens with zero attached hydrogens (tertiary/aromatic N) is 1. The van der Waals surface area contributed by atoms with Crippen LogP contribution in [0, 0.1) is 0 Å². The zero-order valence-electron chi connectivity index (χ0n) is 8.19. The molecule has 2 unspecified atom stereocenters. The summed E-state index contributed by atoms with van der Waals surface area (Å²) in [7, 11) is 2.30. The van der Waals surface area contributed by atoms with Crippen molar-refractivity contribution in [1.82, 2.24) is 0 Å². The predicted molar refractivity (Wildman–Crippen MR) is 49.3 cm³/mol. The largest absolute Gasteiger partial charge is 0.378 e. The summed E-state index contributed by atoms with van der Waals surface area (Å²) in [5.74, 6) is -1.09. The summed E-state index contributed by atoms with van der Waals surface area (Å²) in [5, 5.41) is 9.38. The van der Waals surface area contributed by atoms with Gasteiger partial charge in [-0.15, -0.1) is 0 Å². The molecular weight excluding hydrogens is 177 g/mol. The third kappa shape index (κ3) is 4.21. The van der Waals surface area contributed by atoms with Crippen LogP contribution in [0.15, 0.2) is 0 Å². The number of hydrogen-bond acceptors (Lipinski definition) is 2. The van der Waals surface area contributed by atoms with Gasteiger partial charge in [0.15, 0.2) is 5.85 Å². The van der Waals surface area contributed by atoms with Gasteiger partial charge in [0.1, 0.15) is 6.54 Å². The van der Waals surface area contributed by atoms with E-state index >= 15 is 0 Å². The van der Waals surface area contributed by atoms with Crippen LogP contribution in [-0.2, 0) is 4.57 Å².